The maximum atomic E-state index is 12.0. The van der Waals surface area contributed by atoms with Gasteiger partial charge in [0.25, 0.3) is 0 Å². The molecular formula is C26H41NO4. The Bertz CT molecular complexity index is 630. The van der Waals surface area contributed by atoms with E-state index in [1.807, 2.05) is 0 Å². The van der Waals surface area contributed by atoms with E-state index in [-0.39, 0.29) is 16.8 Å². The van der Waals surface area contributed by atoms with Crippen molar-refractivity contribution in [1.82, 2.24) is 0 Å². The number of hydrogen-bond donors (Lipinski definition) is 0. The zero-order chi connectivity index (χ0) is 22.6. The standard InChI is InChI=1S/C26H41NO4/c1-2-3-4-5-6-7-8-9-10-11-12-13-14-15-16-17-20-31-26(29)23-18-19-24(22-28)25(21-23)27-30/h18-19,21-22H,2-17,20H2,1H3. The van der Waals surface area contributed by atoms with Crippen LogP contribution in [0.25, 0.3) is 0 Å². The molecule has 0 aliphatic heterocycles. The number of nitrogens with zero attached hydrogens (tertiary/aromatic N) is 1. The van der Waals surface area contributed by atoms with Crippen LogP contribution in [-0.4, -0.2) is 18.9 Å². The number of aldehydes is 1. The molecule has 0 spiro atoms. The molecule has 0 atom stereocenters. The van der Waals surface area contributed by atoms with E-state index in [1.54, 1.807) is 0 Å². The van der Waals surface area contributed by atoms with Crippen molar-refractivity contribution in [2.24, 2.45) is 5.18 Å². The summed E-state index contributed by atoms with van der Waals surface area (Å²) in [4.78, 5) is 33.5. The van der Waals surface area contributed by atoms with Crippen LogP contribution in [-0.2, 0) is 4.74 Å². The van der Waals surface area contributed by atoms with Gasteiger partial charge in [-0.2, -0.15) is 0 Å². The smallest absolute Gasteiger partial charge is 0.338 e. The average molecular weight is 432 g/mol. The molecule has 0 aromatic heterocycles. The highest BCUT2D eigenvalue weighted by Crippen LogP contribution is 2.20. The Morgan fingerprint density at radius 3 is 1.74 bits per heavy atom. The molecule has 0 heterocycles. The van der Waals surface area contributed by atoms with Gasteiger partial charge in [-0.05, 0) is 29.8 Å². The first-order chi connectivity index (χ1) is 15.2. The molecule has 0 N–H and O–H groups in total. The minimum absolute atomic E-state index is 0.0353. The lowest BCUT2D eigenvalue weighted by atomic mass is 10.0. The van der Waals surface area contributed by atoms with Gasteiger partial charge in [-0.25, -0.2) is 4.79 Å². The number of carbonyl (C=O) groups excluding carboxylic acids is 2. The molecule has 0 bridgehead atoms. The number of benzene rings is 1. The van der Waals surface area contributed by atoms with E-state index in [0.717, 1.165) is 12.8 Å². The molecule has 0 radical (unpaired) electrons. The fourth-order valence-electron chi connectivity index (χ4n) is 3.75. The summed E-state index contributed by atoms with van der Waals surface area (Å²) in [6.07, 6.45) is 21.4. The predicted octanol–water partition coefficient (Wildman–Crippen LogP) is 8.32. The Hall–Kier alpha value is -2.04. The largest absolute Gasteiger partial charge is 0.462 e. The number of rotatable bonds is 20. The van der Waals surface area contributed by atoms with Crippen LogP contribution in [0.5, 0.6) is 0 Å². The molecule has 5 heteroatoms. The van der Waals surface area contributed by atoms with E-state index in [0.29, 0.717) is 12.9 Å². The van der Waals surface area contributed by atoms with Gasteiger partial charge in [0, 0.05) is 5.56 Å². The second-order valence-corrected chi connectivity index (χ2v) is 8.42. The van der Waals surface area contributed by atoms with Crippen molar-refractivity contribution in [2.45, 2.75) is 110 Å². The molecule has 0 saturated heterocycles. The Kier molecular flexibility index (Phi) is 16.3. The highest BCUT2D eigenvalue weighted by molar-refractivity contribution is 5.93. The van der Waals surface area contributed by atoms with Gasteiger partial charge in [-0.15, -0.1) is 4.91 Å². The van der Waals surface area contributed by atoms with Gasteiger partial charge >= 0.3 is 5.97 Å². The summed E-state index contributed by atoms with van der Waals surface area (Å²) >= 11 is 0. The Morgan fingerprint density at radius 2 is 1.29 bits per heavy atom. The number of unbranched alkanes of at least 4 members (excludes halogenated alkanes) is 15. The van der Waals surface area contributed by atoms with Crippen molar-refractivity contribution in [3.63, 3.8) is 0 Å². The molecule has 0 aliphatic carbocycles. The van der Waals surface area contributed by atoms with Crippen molar-refractivity contribution in [3.05, 3.63) is 34.2 Å². The van der Waals surface area contributed by atoms with Crippen LogP contribution in [0.4, 0.5) is 5.69 Å². The topological polar surface area (TPSA) is 72.8 Å². The van der Waals surface area contributed by atoms with Crippen molar-refractivity contribution >= 4 is 17.9 Å². The average Bonchev–Trinajstić information content (AvgIpc) is 2.80. The lowest BCUT2D eigenvalue weighted by Crippen LogP contribution is -2.06. The maximum Gasteiger partial charge on any atom is 0.338 e. The number of esters is 1. The molecule has 0 amide bonds. The van der Waals surface area contributed by atoms with E-state index in [2.05, 4.69) is 12.1 Å². The van der Waals surface area contributed by atoms with E-state index in [9.17, 15) is 14.5 Å². The molecule has 1 aromatic carbocycles. The normalized spacial score (nSPS) is 10.7. The van der Waals surface area contributed by atoms with Gasteiger partial charge in [-0.1, -0.05) is 103 Å². The lowest BCUT2D eigenvalue weighted by molar-refractivity contribution is 0.0497. The van der Waals surface area contributed by atoms with Gasteiger partial charge < -0.3 is 4.74 Å². The third-order valence-electron chi connectivity index (χ3n) is 5.72. The zero-order valence-electron chi connectivity index (χ0n) is 19.4. The fourth-order valence-corrected chi connectivity index (χ4v) is 3.75. The molecule has 31 heavy (non-hydrogen) atoms. The second kappa shape index (κ2) is 18.7. The molecule has 0 fully saturated rings. The molecule has 174 valence electrons. The highest BCUT2D eigenvalue weighted by Gasteiger charge is 2.11. The number of nitroso groups, excluding NO2 is 1. The minimum Gasteiger partial charge on any atom is -0.462 e. The SMILES string of the molecule is CCCCCCCCCCCCCCCCCCOC(=O)c1ccc(C=O)c(N=O)c1. The van der Waals surface area contributed by atoms with E-state index >= 15 is 0 Å². The summed E-state index contributed by atoms with van der Waals surface area (Å²) < 4.78 is 5.25. The Balaban J connectivity index is 1.92. The number of ether oxygens (including phenoxy) is 1. The van der Waals surface area contributed by atoms with E-state index < -0.39 is 5.97 Å². The molecule has 0 aliphatic rings. The first-order valence-electron chi connectivity index (χ1n) is 12.3. The summed E-state index contributed by atoms with van der Waals surface area (Å²) in [5.74, 6) is -0.483. The van der Waals surface area contributed by atoms with Crippen molar-refractivity contribution in [2.75, 3.05) is 6.61 Å². The van der Waals surface area contributed by atoms with Gasteiger partial charge in [0.2, 0.25) is 0 Å². The lowest BCUT2D eigenvalue weighted by Gasteiger charge is -2.06. The molecule has 0 unspecified atom stereocenters. The van der Waals surface area contributed by atoms with Crippen LogP contribution < -0.4 is 0 Å². The van der Waals surface area contributed by atoms with Crippen LogP contribution in [0.3, 0.4) is 0 Å². The van der Waals surface area contributed by atoms with Crippen molar-refractivity contribution in [1.29, 1.82) is 0 Å². The summed E-state index contributed by atoms with van der Waals surface area (Å²) in [6.45, 7) is 2.64. The third kappa shape index (κ3) is 13.1. The first-order valence-corrected chi connectivity index (χ1v) is 12.3. The Morgan fingerprint density at radius 1 is 0.806 bits per heavy atom. The van der Waals surface area contributed by atoms with Crippen molar-refractivity contribution < 1.29 is 14.3 Å². The molecule has 1 aromatic rings. The summed E-state index contributed by atoms with van der Waals surface area (Å²) in [6, 6.07) is 4.19. The maximum absolute atomic E-state index is 12.0. The quantitative estimate of drug-likeness (QED) is 0.0900. The van der Waals surface area contributed by atoms with E-state index in [1.165, 1.54) is 108 Å². The van der Waals surface area contributed by atoms with Crippen LogP contribution >= 0.6 is 0 Å². The van der Waals surface area contributed by atoms with Crippen LogP contribution in [0, 0.1) is 4.91 Å². The first kappa shape index (κ1) is 27.0. The molecule has 1 rings (SSSR count). The van der Waals surface area contributed by atoms with E-state index in [4.69, 9.17) is 4.74 Å². The minimum atomic E-state index is -0.483. The summed E-state index contributed by atoms with van der Waals surface area (Å²) in [5, 5.41) is 2.78. The molecular weight excluding hydrogens is 390 g/mol. The molecule has 5 nitrogen and oxygen atoms in total. The Labute approximate surface area is 188 Å². The van der Waals surface area contributed by atoms with Gasteiger partial charge in [-0.3, -0.25) is 4.79 Å². The van der Waals surface area contributed by atoms with Crippen LogP contribution in [0.15, 0.2) is 23.4 Å². The zero-order valence-corrected chi connectivity index (χ0v) is 19.4. The van der Waals surface area contributed by atoms with Crippen LogP contribution in [0.1, 0.15) is 130 Å². The highest BCUT2D eigenvalue weighted by atomic mass is 16.5. The van der Waals surface area contributed by atoms with Crippen molar-refractivity contribution in [3.8, 4) is 0 Å². The number of hydrogen-bond acceptors (Lipinski definition) is 5. The van der Waals surface area contributed by atoms with Crippen LogP contribution in [0.2, 0.25) is 0 Å². The van der Waals surface area contributed by atoms with Gasteiger partial charge in [0.1, 0.15) is 5.69 Å². The predicted molar refractivity (Wildman–Crippen MR) is 127 cm³/mol. The second-order valence-electron chi connectivity index (χ2n) is 8.42. The number of carbonyl (C=O) groups is 2. The van der Waals surface area contributed by atoms with Gasteiger partial charge in [0.15, 0.2) is 6.29 Å². The van der Waals surface area contributed by atoms with Gasteiger partial charge in [0.05, 0.1) is 12.2 Å². The summed E-state index contributed by atoms with van der Waals surface area (Å²) in [7, 11) is 0. The molecule has 0 saturated carbocycles. The third-order valence-corrected chi connectivity index (χ3v) is 5.72. The monoisotopic (exact) mass is 431 g/mol. The summed E-state index contributed by atoms with van der Waals surface area (Å²) in [5.41, 5.74) is 0.382. The fraction of sp³-hybridized carbons (Fsp3) is 0.692.